The van der Waals surface area contributed by atoms with Crippen LogP contribution in [0.2, 0.25) is 5.02 Å². The normalized spacial score (nSPS) is 29.2. The quantitative estimate of drug-likeness (QED) is 0.739. The predicted molar refractivity (Wildman–Crippen MR) is 110 cm³/mol. The van der Waals surface area contributed by atoms with Crippen molar-refractivity contribution in [3.63, 3.8) is 0 Å². The Labute approximate surface area is 169 Å². The highest BCUT2D eigenvalue weighted by molar-refractivity contribution is 8.15. The first-order valence-electron chi connectivity index (χ1n) is 9.42. The number of benzene rings is 1. The first kappa shape index (κ1) is 19.3. The fourth-order valence-electron chi connectivity index (χ4n) is 4.14. The number of halogens is 1. The molecule has 5 nitrogen and oxygen atoms in total. The Morgan fingerprint density at radius 1 is 1.15 bits per heavy atom. The van der Waals surface area contributed by atoms with Crippen LogP contribution in [0.5, 0.6) is 0 Å². The minimum absolute atomic E-state index is 0.0217. The molecule has 3 fully saturated rings. The number of carbonyl (C=O) groups is 1. The standard InChI is InChI=1S/C19H23ClN2O3S2/c20-15-8-6-13(7-9-15)10-22-16-11-27(24,25)12-17(16)26-19(22)21-18(23)14-4-2-1-3-5-14/h6-9,14,16-17H,1-5,10-12H2/t16-,17-/m1/s1. The first-order valence-corrected chi connectivity index (χ1v) is 12.5. The summed E-state index contributed by atoms with van der Waals surface area (Å²) in [6.45, 7) is 0.539. The molecule has 27 heavy (non-hydrogen) atoms. The van der Waals surface area contributed by atoms with Crippen LogP contribution in [-0.4, -0.2) is 47.2 Å². The maximum atomic E-state index is 12.7. The third kappa shape index (κ3) is 4.35. The second-order valence-corrected chi connectivity index (χ2v) is 11.4. The number of hydrogen-bond donors (Lipinski definition) is 0. The van der Waals surface area contributed by atoms with E-state index < -0.39 is 9.84 Å². The minimum Gasteiger partial charge on any atom is -0.342 e. The van der Waals surface area contributed by atoms with Crippen molar-refractivity contribution in [2.45, 2.75) is 49.9 Å². The van der Waals surface area contributed by atoms with Crippen LogP contribution in [-0.2, 0) is 21.2 Å². The van der Waals surface area contributed by atoms with Crippen LogP contribution in [0.15, 0.2) is 29.3 Å². The van der Waals surface area contributed by atoms with Gasteiger partial charge in [0.2, 0.25) is 0 Å². The number of nitrogens with zero attached hydrogens (tertiary/aromatic N) is 2. The van der Waals surface area contributed by atoms with Crippen LogP contribution >= 0.6 is 23.4 Å². The molecule has 8 heteroatoms. The lowest BCUT2D eigenvalue weighted by molar-refractivity contribution is -0.122. The number of amidine groups is 1. The van der Waals surface area contributed by atoms with Crippen LogP contribution in [0.4, 0.5) is 0 Å². The van der Waals surface area contributed by atoms with Crippen LogP contribution in [0, 0.1) is 5.92 Å². The number of sulfone groups is 1. The topological polar surface area (TPSA) is 66.8 Å². The number of rotatable bonds is 3. The Hall–Kier alpha value is -1.05. The zero-order chi connectivity index (χ0) is 19.0. The van der Waals surface area contributed by atoms with E-state index in [-0.39, 0.29) is 34.6 Å². The molecule has 146 valence electrons. The van der Waals surface area contributed by atoms with Gasteiger partial charge in [0.15, 0.2) is 15.0 Å². The summed E-state index contributed by atoms with van der Waals surface area (Å²) in [5.74, 6) is 0.278. The van der Waals surface area contributed by atoms with Gasteiger partial charge in [0.25, 0.3) is 5.91 Å². The average molecular weight is 427 g/mol. The van der Waals surface area contributed by atoms with Gasteiger partial charge in [-0.05, 0) is 30.5 Å². The molecule has 2 atom stereocenters. The second kappa shape index (κ2) is 7.76. The molecule has 1 aromatic rings. The molecule has 2 saturated heterocycles. The third-order valence-corrected chi connectivity index (χ3v) is 9.10. The largest absolute Gasteiger partial charge is 0.342 e. The van der Waals surface area contributed by atoms with Crippen molar-refractivity contribution >= 4 is 44.3 Å². The second-order valence-electron chi connectivity index (χ2n) is 7.62. The zero-order valence-corrected chi connectivity index (χ0v) is 17.4. The highest BCUT2D eigenvalue weighted by atomic mass is 35.5. The van der Waals surface area contributed by atoms with Gasteiger partial charge in [-0.25, -0.2) is 8.42 Å². The van der Waals surface area contributed by atoms with Crippen molar-refractivity contribution < 1.29 is 13.2 Å². The predicted octanol–water partition coefficient (Wildman–Crippen LogP) is 3.52. The molecule has 3 aliphatic rings. The fourth-order valence-corrected chi connectivity index (χ4v) is 8.22. The van der Waals surface area contributed by atoms with E-state index >= 15 is 0 Å². The number of aliphatic imine (C=N–C) groups is 1. The molecule has 0 bridgehead atoms. The first-order chi connectivity index (χ1) is 12.9. The van der Waals surface area contributed by atoms with Crippen LogP contribution in [0.1, 0.15) is 37.7 Å². The van der Waals surface area contributed by atoms with Crippen molar-refractivity contribution in [1.29, 1.82) is 0 Å². The fraction of sp³-hybridized carbons (Fsp3) is 0.579. The van der Waals surface area contributed by atoms with Gasteiger partial charge in [-0.2, -0.15) is 4.99 Å². The summed E-state index contributed by atoms with van der Waals surface area (Å²) in [6.07, 6.45) is 5.20. The lowest BCUT2D eigenvalue weighted by Gasteiger charge is -2.25. The molecule has 0 N–H and O–H groups in total. The number of hydrogen-bond acceptors (Lipinski definition) is 4. The highest BCUT2D eigenvalue weighted by Crippen LogP contribution is 2.39. The monoisotopic (exact) mass is 426 g/mol. The molecule has 0 aromatic heterocycles. The molecule has 4 rings (SSSR count). The van der Waals surface area contributed by atoms with E-state index in [9.17, 15) is 13.2 Å². The molecule has 0 unspecified atom stereocenters. The molecule has 1 aromatic carbocycles. The molecular weight excluding hydrogens is 404 g/mol. The summed E-state index contributed by atoms with van der Waals surface area (Å²) >= 11 is 7.43. The van der Waals surface area contributed by atoms with Crippen molar-refractivity contribution in [1.82, 2.24) is 4.90 Å². The molecule has 2 aliphatic heterocycles. The number of thioether (sulfide) groups is 1. The Bertz CT molecular complexity index is 848. The maximum absolute atomic E-state index is 12.7. The molecule has 0 radical (unpaired) electrons. The summed E-state index contributed by atoms with van der Waals surface area (Å²) in [5, 5.41) is 1.31. The van der Waals surface area contributed by atoms with E-state index in [1.54, 1.807) is 0 Å². The van der Waals surface area contributed by atoms with Crippen LogP contribution in [0.3, 0.4) is 0 Å². The van der Waals surface area contributed by atoms with Gasteiger partial charge in [0.1, 0.15) is 0 Å². The average Bonchev–Trinajstić information content (AvgIpc) is 3.10. The zero-order valence-electron chi connectivity index (χ0n) is 15.0. The van der Waals surface area contributed by atoms with Gasteiger partial charge in [0.05, 0.1) is 17.5 Å². The van der Waals surface area contributed by atoms with Crippen LogP contribution in [0.25, 0.3) is 0 Å². The van der Waals surface area contributed by atoms with E-state index in [0.717, 1.165) is 31.2 Å². The lowest BCUT2D eigenvalue weighted by atomic mass is 9.89. The summed E-state index contributed by atoms with van der Waals surface area (Å²) in [5.41, 5.74) is 1.03. The van der Waals surface area contributed by atoms with Crippen molar-refractivity contribution in [2.24, 2.45) is 10.9 Å². The van der Waals surface area contributed by atoms with E-state index in [0.29, 0.717) is 16.7 Å². The van der Waals surface area contributed by atoms with Crippen LogP contribution < -0.4 is 0 Å². The maximum Gasteiger partial charge on any atom is 0.251 e. The summed E-state index contributed by atoms with van der Waals surface area (Å²) in [7, 11) is -3.03. The number of fused-ring (bicyclic) bond motifs is 1. The Balaban J connectivity index is 1.58. The lowest BCUT2D eigenvalue weighted by Crippen LogP contribution is -2.37. The number of carbonyl (C=O) groups excluding carboxylic acids is 1. The van der Waals surface area contributed by atoms with Crippen molar-refractivity contribution in [3.05, 3.63) is 34.9 Å². The molecule has 1 amide bonds. The van der Waals surface area contributed by atoms with Crippen molar-refractivity contribution in [2.75, 3.05) is 11.5 Å². The highest BCUT2D eigenvalue weighted by Gasteiger charge is 2.48. The SMILES string of the molecule is O=C(N=C1S[C@@H]2CS(=O)(=O)C[C@H]2N1Cc1ccc(Cl)cc1)C1CCCCC1. The van der Waals surface area contributed by atoms with E-state index in [2.05, 4.69) is 4.99 Å². The van der Waals surface area contributed by atoms with Gasteiger partial charge in [-0.1, -0.05) is 54.8 Å². The summed E-state index contributed by atoms with van der Waals surface area (Å²) in [4.78, 5) is 19.2. The molecule has 2 heterocycles. The Morgan fingerprint density at radius 2 is 1.85 bits per heavy atom. The number of amides is 1. The van der Waals surface area contributed by atoms with E-state index in [4.69, 9.17) is 11.6 Å². The molecule has 0 spiro atoms. The van der Waals surface area contributed by atoms with Crippen molar-refractivity contribution in [3.8, 4) is 0 Å². The minimum atomic E-state index is -3.03. The molecular formula is C19H23ClN2O3S2. The van der Waals surface area contributed by atoms with Gasteiger partial charge in [-0.3, -0.25) is 4.79 Å². The van der Waals surface area contributed by atoms with Gasteiger partial charge in [0, 0.05) is 22.7 Å². The summed E-state index contributed by atoms with van der Waals surface area (Å²) < 4.78 is 24.2. The summed E-state index contributed by atoms with van der Waals surface area (Å²) in [6, 6.07) is 7.41. The van der Waals surface area contributed by atoms with Gasteiger partial charge >= 0.3 is 0 Å². The van der Waals surface area contributed by atoms with E-state index in [1.165, 1.54) is 18.2 Å². The third-order valence-electron chi connectivity index (χ3n) is 5.60. The Morgan fingerprint density at radius 3 is 2.56 bits per heavy atom. The molecule has 1 aliphatic carbocycles. The smallest absolute Gasteiger partial charge is 0.251 e. The van der Waals surface area contributed by atoms with E-state index in [1.807, 2.05) is 29.2 Å². The molecule has 1 saturated carbocycles. The van der Waals surface area contributed by atoms with Gasteiger partial charge in [-0.15, -0.1) is 0 Å². The van der Waals surface area contributed by atoms with Gasteiger partial charge < -0.3 is 4.90 Å². The Kier molecular flexibility index (Phi) is 5.54.